The number of nitrogens with zero attached hydrogens (tertiary/aromatic N) is 4. The van der Waals surface area contributed by atoms with E-state index in [0.29, 0.717) is 11.8 Å². The first-order valence-corrected chi connectivity index (χ1v) is 10.5. The molecule has 0 atom stereocenters. The Morgan fingerprint density at radius 1 is 1.31 bits per heavy atom. The van der Waals surface area contributed by atoms with Gasteiger partial charge in [-0.3, -0.25) is 0 Å². The number of aliphatic imine (C=N–C) groups is 1. The molecule has 1 aliphatic carbocycles. The van der Waals surface area contributed by atoms with Gasteiger partial charge in [-0.1, -0.05) is 35.1 Å². The fourth-order valence-electron chi connectivity index (χ4n) is 3.07. The second-order valence-corrected chi connectivity index (χ2v) is 7.68. The molecule has 0 saturated carbocycles. The zero-order chi connectivity index (χ0) is 20.1. The Labute approximate surface area is 173 Å². The van der Waals surface area contributed by atoms with Crippen LogP contribution in [0, 0.1) is 6.92 Å². The van der Waals surface area contributed by atoms with E-state index in [2.05, 4.69) is 43.5 Å². The zero-order valence-corrected chi connectivity index (χ0v) is 17.3. The third kappa shape index (κ3) is 4.89. The molecule has 7 nitrogen and oxygen atoms in total. The molecule has 4 rings (SSSR count). The minimum Gasteiger partial charge on any atom is -0.488 e. The molecule has 2 aliphatic rings. The number of anilines is 1. The normalized spacial score (nSPS) is 17.4. The van der Waals surface area contributed by atoms with Crippen molar-refractivity contribution in [1.82, 2.24) is 15.0 Å². The fraction of sp³-hybridized carbons (Fsp3) is 0.333. The third-order valence-corrected chi connectivity index (χ3v) is 5.53. The predicted octanol–water partition coefficient (Wildman–Crippen LogP) is 4.93. The fourth-order valence-corrected chi connectivity index (χ4v) is 4.07. The van der Waals surface area contributed by atoms with E-state index in [-0.39, 0.29) is 6.61 Å². The molecular weight excluding hydrogens is 386 g/mol. The van der Waals surface area contributed by atoms with Crippen LogP contribution in [-0.2, 0) is 9.47 Å². The van der Waals surface area contributed by atoms with Gasteiger partial charge in [0.05, 0.1) is 16.3 Å². The summed E-state index contributed by atoms with van der Waals surface area (Å²) in [6, 6.07) is 1.87. The number of ether oxygens (including phenoxy) is 2. The van der Waals surface area contributed by atoms with Gasteiger partial charge in [-0.25, -0.2) is 15.0 Å². The molecule has 0 aromatic carbocycles. The average molecular weight is 410 g/mol. The Morgan fingerprint density at radius 3 is 3.07 bits per heavy atom. The van der Waals surface area contributed by atoms with Crippen LogP contribution >= 0.6 is 11.3 Å². The van der Waals surface area contributed by atoms with E-state index in [1.807, 2.05) is 19.9 Å². The summed E-state index contributed by atoms with van der Waals surface area (Å²) in [5.74, 6) is 1.56. The number of hydrogen-bond donors (Lipinski definition) is 1. The van der Waals surface area contributed by atoms with Gasteiger partial charge in [-0.05, 0) is 32.8 Å². The molecule has 8 heteroatoms. The standard InChI is InChI=1S/C21H23N5O2S/c1-3-22-21-24-14(2)19(29-21)17-9-10-23-20(25-17)26-18-13-27-12-16(28-18)11-15-7-5-4-6-8-15/h4-5,7,9-10,12H,3,6,8,11,13H2,1-2H3,(H,22,24). The first kappa shape index (κ1) is 19.3. The van der Waals surface area contributed by atoms with E-state index in [4.69, 9.17) is 9.47 Å². The number of thiazole rings is 1. The van der Waals surface area contributed by atoms with Crippen LogP contribution in [0.3, 0.4) is 0 Å². The number of hydrogen-bond acceptors (Lipinski definition) is 8. The summed E-state index contributed by atoms with van der Waals surface area (Å²) in [6.07, 6.45) is 12.6. The van der Waals surface area contributed by atoms with E-state index >= 15 is 0 Å². The Kier molecular flexibility index (Phi) is 6.00. The van der Waals surface area contributed by atoms with Crippen LogP contribution in [0.5, 0.6) is 0 Å². The van der Waals surface area contributed by atoms with E-state index in [1.165, 1.54) is 5.57 Å². The summed E-state index contributed by atoms with van der Waals surface area (Å²) >= 11 is 1.57. The molecule has 150 valence electrons. The maximum Gasteiger partial charge on any atom is 0.253 e. The van der Waals surface area contributed by atoms with Crippen LogP contribution < -0.4 is 5.32 Å². The minimum atomic E-state index is 0.264. The van der Waals surface area contributed by atoms with Crippen LogP contribution in [0.15, 0.2) is 53.1 Å². The highest BCUT2D eigenvalue weighted by Crippen LogP contribution is 2.32. The quantitative estimate of drug-likeness (QED) is 0.729. The molecule has 0 spiro atoms. The van der Waals surface area contributed by atoms with Crippen molar-refractivity contribution in [2.45, 2.75) is 33.1 Å². The van der Waals surface area contributed by atoms with Crippen LogP contribution in [-0.4, -0.2) is 34.0 Å². The first-order chi connectivity index (χ1) is 14.2. The SMILES string of the molecule is CCNc1nc(C)c(-c2ccnc(N=C3COC=C(CC4=CC=CCC4)O3)n2)s1. The average Bonchev–Trinajstić information content (AvgIpc) is 3.10. The third-order valence-electron chi connectivity index (χ3n) is 4.40. The lowest BCUT2D eigenvalue weighted by Crippen LogP contribution is -2.17. The minimum absolute atomic E-state index is 0.264. The van der Waals surface area contributed by atoms with Gasteiger partial charge >= 0.3 is 0 Å². The van der Waals surface area contributed by atoms with E-state index in [1.54, 1.807) is 23.8 Å². The van der Waals surface area contributed by atoms with Crippen molar-refractivity contribution in [1.29, 1.82) is 0 Å². The lowest BCUT2D eigenvalue weighted by molar-refractivity contribution is 0.211. The van der Waals surface area contributed by atoms with Crippen molar-refractivity contribution in [3.05, 3.63) is 53.8 Å². The van der Waals surface area contributed by atoms with Gasteiger partial charge in [0.2, 0.25) is 5.90 Å². The molecule has 0 amide bonds. The monoisotopic (exact) mass is 409 g/mol. The smallest absolute Gasteiger partial charge is 0.253 e. The van der Waals surface area contributed by atoms with Gasteiger partial charge in [0, 0.05) is 19.2 Å². The molecule has 2 aromatic heterocycles. The number of nitrogens with one attached hydrogen (secondary N) is 1. The Hall–Kier alpha value is -3.00. The summed E-state index contributed by atoms with van der Waals surface area (Å²) < 4.78 is 11.5. The molecule has 0 fully saturated rings. The van der Waals surface area contributed by atoms with E-state index < -0.39 is 0 Å². The van der Waals surface area contributed by atoms with Crippen LogP contribution in [0.2, 0.25) is 0 Å². The Bertz CT molecular complexity index is 1010. The molecule has 0 unspecified atom stereocenters. The number of rotatable bonds is 6. The van der Waals surface area contributed by atoms with E-state index in [9.17, 15) is 0 Å². The lowest BCUT2D eigenvalue weighted by atomic mass is 10.0. The van der Waals surface area contributed by atoms with E-state index in [0.717, 1.165) is 53.0 Å². The summed E-state index contributed by atoms with van der Waals surface area (Å²) in [6.45, 7) is 5.12. The van der Waals surface area contributed by atoms with Gasteiger partial charge < -0.3 is 14.8 Å². The van der Waals surface area contributed by atoms with Gasteiger partial charge in [-0.15, -0.1) is 0 Å². The van der Waals surface area contributed by atoms with Crippen LogP contribution in [0.1, 0.15) is 31.9 Å². The van der Waals surface area contributed by atoms with Crippen molar-refractivity contribution >= 4 is 28.3 Å². The molecule has 0 saturated heterocycles. The predicted molar refractivity (Wildman–Crippen MR) is 115 cm³/mol. The topological polar surface area (TPSA) is 81.5 Å². The maximum absolute atomic E-state index is 5.92. The Morgan fingerprint density at radius 2 is 2.24 bits per heavy atom. The second-order valence-electron chi connectivity index (χ2n) is 6.68. The summed E-state index contributed by atoms with van der Waals surface area (Å²) in [5.41, 5.74) is 3.05. The largest absolute Gasteiger partial charge is 0.488 e. The van der Waals surface area contributed by atoms with Gasteiger partial charge in [0.15, 0.2) is 11.7 Å². The van der Waals surface area contributed by atoms with Gasteiger partial charge in [0.1, 0.15) is 12.0 Å². The van der Waals surface area contributed by atoms with Crippen molar-refractivity contribution in [2.24, 2.45) is 4.99 Å². The summed E-state index contributed by atoms with van der Waals surface area (Å²) in [4.78, 5) is 18.8. The highest BCUT2D eigenvalue weighted by molar-refractivity contribution is 7.19. The molecule has 0 bridgehead atoms. The van der Waals surface area contributed by atoms with Crippen molar-refractivity contribution in [3.8, 4) is 10.6 Å². The molecule has 0 radical (unpaired) electrons. The van der Waals surface area contributed by atoms with Crippen molar-refractivity contribution < 1.29 is 9.47 Å². The maximum atomic E-state index is 5.92. The lowest BCUT2D eigenvalue weighted by Gasteiger charge is -2.18. The first-order valence-electron chi connectivity index (χ1n) is 9.66. The highest BCUT2D eigenvalue weighted by Gasteiger charge is 2.16. The molecule has 3 heterocycles. The zero-order valence-electron chi connectivity index (χ0n) is 16.5. The number of aryl methyl sites for hydroxylation is 1. The molecule has 1 aliphatic heterocycles. The molecule has 2 aromatic rings. The Balaban J connectivity index is 1.50. The number of allylic oxidation sites excluding steroid dienone is 4. The van der Waals surface area contributed by atoms with Crippen LogP contribution in [0.25, 0.3) is 10.6 Å². The molecular formula is C21H23N5O2S. The van der Waals surface area contributed by atoms with Crippen molar-refractivity contribution in [2.75, 3.05) is 18.5 Å². The van der Waals surface area contributed by atoms with Gasteiger partial charge in [0.25, 0.3) is 5.95 Å². The summed E-state index contributed by atoms with van der Waals surface area (Å²) in [5, 5.41) is 4.13. The summed E-state index contributed by atoms with van der Waals surface area (Å²) in [7, 11) is 0. The van der Waals surface area contributed by atoms with Crippen LogP contribution in [0.4, 0.5) is 11.1 Å². The second kappa shape index (κ2) is 9.00. The number of aromatic nitrogens is 3. The molecule has 1 N–H and O–H groups in total. The highest BCUT2D eigenvalue weighted by atomic mass is 32.1. The van der Waals surface area contributed by atoms with Gasteiger partial charge in [-0.2, -0.15) is 4.99 Å². The molecule has 29 heavy (non-hydrogen) atoms. The van der Waals surface area contributed by atoms with Crippen molar-refractivity contribution in [3.63, 3.8) is 0 Å².